The summed E-state index contributed by atoms with van der Waals surface area (Å²) in [4.78, 5) is 14.0. The molecule has 1 saturated heterocycles. The first kappa shape index (κ1) is 17.4. The predicted molar refractivity (Wildman–Crippen MR) is 107 cm³/mol. The number of hydrogen-bond donors (Lipinski definition) is 2. The number of aromatic nitrogens is 4. The molecular weight excluding hydrogens is 344 g/mol. The fraction of sp³-hybridized carbons (Fsp3) is 0.526. The van der Waals surface area contributed by atoms with Gasteiger partial charge in [0.25, 0.3) is 0 Å². The maximum atomic E-state index is 4.63. The van der Waals surface area contributed by atoms with E-state index in [2.05, 4.69) is 58.1 Å². The number of aryl methyl sites for hydroxylation is 4. The molecule has 7 heteroatoms. The van der Waals surface area contributed by atoms with E-state index in [0.29, 0.717) is 6.04 Å². The van der Waals surface area contributed by atoms with Crippen molar-refractivity contribution in [3.05, 3.63) is 33.7 Å². The molecule has 0 spiro atoms. The average Bonchev–Trinajstić information content (AvgIpc) is 3.12. The lowest BCUT2D eigenvalue weighted by Crippen LogP contribution is -2.42. The predicted octanol–water partition coefficient (Wildman–Crippen LogP) is 3.41. The SMILES string of the molecule is Cc1n[nH]c(C)c1CNC1CCN(c2ncnc3sc(C)c(C)c23)CC1. The highest BCUT2D eigenvalue weighted by molar-refractivity contribution is 7.18. The highest BCUT2D eigenvalue weighted by atomic mass is 32.1. The van der Waals surface area contributed by atoms with E-state index in [1.54, 1.807) is 17.7 Å². The van der Waals surface area contributed by atoms with Crippen molar-refractivity contribution in [3.8, 4) is 0 Å². The molecule has 1 aliphatic heterocycles. The summed E-state index contributed by atoms with van der Waals surface area (Å²) in [5, 5.41) is 12.3. The molecule has 0 saturated carbocycles. The Morgan fingerprint density at radius 1 is 1.19 bits per heavy atom. The zero-order chi connectivity index (χ0) is 18.3. The van der Waals surface area contributed by atoms with Crippen LogP contribution in [-0.2, 0) is 6.54 Å². The van der Waals surface area contributed by atoms with Gasteiger partial charge in [0.2, 0.25) is 0 Å². The van der Waals surface area contributed by atoms with Gasteiger partial charge < -0.3 is 10.2 Å². The first-order valence-corrected chi connectivity index (χ1v) is 10.1. The summed E-state index contributed by atoms with van der Waals surface area (Å²) in [6, 6.07) is 0.544. The molecule has 138 valence electrons. The first-order chi connectivity index (χ1) is 12.5. The standard InChI is InChI=1S/C19H26N6S/c1-11-14(4)26-19-17(11)18(21-10-22-19)25-7-5-15(6-8-25)20-9-16-12(2)23-24-13(16)3/h10,15,20H,5-9H2,1-4H3,(H,23,24). The number of rotatable bonds is 4. The van der Waals surface area contributed by atoms with Gasteiger partial charge >= 0.3 is 0 Å². The number of aromatic amines is 1. The second kappa shape index (κ2) is 6.96. The molecule has 0 bridgehead atoms. The fourth-order valence-corrected chi connectivity index (χ4v) is 4.77. The van der Waals surface area contributed by atoms with Crippen molar-refractivity contribution in [3.63, 3.8) is 0 Å². The van der Waals surface area contributed by atoms with E-state index in [9.17, 15) is 0 Å². The third-order valence-corrected chi connectivity index (χ3v) is 6.70. The molecule has 0 aliphatic carbocycles. The Morgan fingerprint density at radius 3 is 2.65 bits per heavy atom. The van der Waals surface area contributed by atoms with Gasteiger partial charge in [0, 0.05) is 41.8 Å². The molecule has 1 fully saturated rings. The molecule has 1 aliphatic rings. The van der Waals surface area contributed by atoms with E-state index in [4.69, 9.17) is 0 Å². The number of piperidine rings is 1. The van der Waals surface area contributed by atoms with Gasteiger partial charge in [-0.2, -0.15) is 5.10 Å². The number of fused-ring (bicyclic) bond motifs is 1. The lowest BCUT2D eigenvalue weighted by atomic mass is 10.0. The van der Waals surface area contributed by atoms with Crippen LogP contribution >= 0.6 is 11.3 Å². The third kappa shape index (κ3) is 3.10. The van der Waals surface area contributed by atoms with Gasteiger partial charge in [-0.1, -0.05) is 0 Å². The zero-order valence-electron chi connectivity index (χ0n) is 15.9. The van der Waals surface area contributed by atoms with E-state index >= 15 is 0 Å². The zero-order valence-corrected chi connectivity index (χ0v) is 16.7. The van der Waals surface area contributed by atoms with Gasteiger partial charge in [-0.25, -0.2) is 9.97 Å². The summed E-state index contributed by atoms with van der Waals surface area (Å²) in [5.41, 5.74) is 4.89. The quantitative estimate of drug-likeness (QED) is 0.736. The molecule has 0 amide bonds. The Hall–Kier alpha value is -1.99. The Balaban J connectivity index is 1.43. The molecule has 4 heterocycles. The van der Waals surface area contributed by atoms with Crippen LogP contribution in [0.5, 0.6) is 0 Å². The van der Waals surface area contributed by atoms with E-state index in [1.165, 1.54) is 27.1 Å². The Morgan fingerprint density at radius 2 is 1.96 bits per heavy atom. The number of nitrogens with one attached hydrogen (secondary N) is 2. The molecule has 3 aromatic heterocycles. The summed E-state index contributed by atoms with van der Waals surface area (Å²) in [7, 11) is 0. The van der Waals surface area contributed by atoms with Crippen LogP contribution in [0.3, 0.4) is 0 Å². The fourth-order valence-electron chi connectivity index (χ4n) is 3.78. The number of hydrogen-bond acceptors (Lipinski definition) is 6. The van der Waals surface area contributed by atoms with Crippen molar-refractivity contribution in [2.24, 2.45) is 0 Å². The molecule has 0 unspecified atom stereocenters. The highest BCUT2D eigenvalue weighted by Gasteiger charge is 2.23. The second-order valence-electron chi connectivity index (χ2n) is 7.22. The van der Waals surface area contributed by atoms with Gasteiger partial charge in [-0.15, -0.1) is 11.3 Å². The smallest absolute Gasteiger partial charge is 0.141 e. The van der Waals surface area contributed by atoms with Crippen LogP contribution in [0, 0.1) is 27.7 Å². The first-order valence-electron chi connectivity index (χ1n) is 9.24. The van der Waals surface area contributed by atoms with Gasteiger partial charge in [0.1, 0.15) is 17.0 Å². The normalized spacial score (nSPS) is 15.9. The van der Waals surface area contributed by atoms with Crippen molar-refractivity contribution in [1.82, 2.24) is 25.5 Å². The number of thiophene rings is 1. The third-order valence-electron chi connectivity index (χ3n) is 5.59. The Kier molecular flexibility index (Phi) is 4.67. The van der Waals surface area contributed by atoms with Crippen LogP contribution < -0.4 is 10.2 Å². The number of H-pyrrole nitrogens is 1. The van der Waals surface area contributed by atoms with E-state index in [1.807, 2.05) is 0 Å². The largest absolute Gasteiger partial charge is 0.356 e. The van der Waals surface area contributed by atoms with Crippen LogP contribution in [-0.4, -0.2) is 39.3 Å². The average molecular weight is 371 g/mol. The lowest BCUT2D eigenvalue weighted by Gasteiger charge is -2.33. The van der Waals surface area contributed by atoms with Crippen molar-refractivity contribution >= 4 is 27.4 Å². The summed E-state index contributed by atoms with van der Waals surface area (Å²) in [6.07, 6.45) is 3.97. The molecule has 26 heavy (non-hydrogen) atoms. The van der Waals surface area contributed by atoms with Gasteiger partial charge in [0.15, 0.2) is 0 Å². The summed E-state index contributed by atoms with van der Waals surface area (Å²) >= 11 is 1.77. The summed E-state index contributed by atoms with van der Waals surface area (Å²) in [6.45, 7) is 11.5. The van der Waals surface area contributed by atoms with Crippen LogP contribution in [0.25, 0.3) is 10.2 Å². The Labute approximate surface area is 158 Å². The van der Waals surface area contributed by atoms with Crippen LogP contribution in [0.4, 0.5) is 5.82 Å². The van der Waals surface area contributed by atoms with Crippen LogP contribution in [0.1, 0.15) is 40.2 Å². The Bertz CT molecular complexity index is 900. The van der Waals surface area contributed by atoms with Crippen molar-refractivity contribution < 1.29 is 0 Å². The maximum absolute atomic E-state index is 4.63. The van der Waals surface area contributed by atoms with Gasteiger partial charge in [0.05, 0.1) is 11.1 Å². The minimum Gasteiger partial charge on any atom is -0.356 e. The maximum Gasteiger partial charge on any atom is 0.141 e. The highest BCUT2D eigenvalue weighted by Crippen LogP contribution is 2.35. The molecule has 6 nitrogen and oxygen atoms in total. The van der Waals surface area contributed by atoms with Gasteiger partial charge in [-0.05, 0) is 46.1 Å². The lowest BCUT2D eigenvalue weighted by molar-refractivity contribution is 0.412. The van der Waals surface area contributed by atoms with Crippen molar-refractivity contribution in [1.29, 1.82) is 0 Å². The molecule has 0 aromatic carbocycles. The monoisotopic (exact) mass is 370 g/mol. The van der Waals surface area contributed by atoms with E-state index in [0.717, 1.165) is 48.8 Å². The minimum absolute atomic E-state index is 0.544. The molecular formula is C19H26N6S. The summed E-state index contributed by atoms with van der Waals surface area (Å²) < 4.78 is 0. The summed E-state index contributed by atoms with van der Waals surface area (Å²) in [5.74, 6) is 1.11. The molecule has 3 aromatic rings. The molecule has 0 radical (unpaired) electrons. The second-order valence-corrected chi connectivity index (χ2v) is 8.42. The van der Waals surface area contributed by atoms with E-state index < -0.39 is 0 Å². The topological polar surface area (TPSA) is 69.7 Å². The van der Waals surface area contributed by atoms with Crippen molar-refractivity contribution in [2.45, 2.75) is 53.1 Å². The van der Waals surface area contributed by atoms with Crippen LogP contribution in [0.15, 0.2) is 6.33 Å². The molecule has 4 rings (SSSR count). The number of nitrogens with zero attached hydrogens (tertiary/aromatic N) is 4. The minimum atomic E-state index is 0.544. The molecule has 2 N–H and O–H groups in total. The van der Waals surface area contributed by atoms with E-state index in [-0.39, 0.29) is 0 Å². The number of anilines is 1. The van der Waals surface area contributed by atoms with Crippen molar-refractivity contribution in [2.75, 3.05) is 18.0 Å². The van der Waals surface area contributed by atoms with Crippen LogP contribution in [0.2, 0.25) is 0 Å². The molecule has 0 atom stereocenters. The van der Waals surface area contributed by atoms with Gasteiger partial charge in [-0.3, -0.25) is 5.10 Å².